The molecule has 3 aliphatic rings. The molecule has 0 aromatic heterocycles. The average Bonchev–Trinajstić information content (AvgIpc) is 3.38. The molecule has 172 valence electrons. The molecule has 5 rings (SSSR count). The molecule has 1 aliphatic carbocycles. The number of nitrogens with one attached hydrogen (secondary N) is 1. The van der Waals surface area contributed by atoms with Crippen LogP contribution in [-0.4, -0.2) is 66.9 Å². The number of aliphatic carboxylic acids is 1. The molecule has 2 saturated heterocycles. The molecule has 0 spiro atoms. The minimum absolute atomic E-state index is 0.0131. The van der Waals surface area contributed by atoms with Gasteiger partial charge in [0, 0.05) is 38.1 Å². The Balaban J connectivity index is 1.14. The highest BCUT2D eigenvalue weighted by Gasteiger charge is 2.43. The lowest BCUT2D eigenvalue weighted by Crippen LogP contribution is -2.57. The fraction of sp³-hybridized carbons (Fsp3) is 0.400. The summed E-state index contributed by atoms with van der Waals surface area (Å²) in [6.45, 7) is 1.35. The molecule has 2 amide bonds. The van der Waals surface area contributed by atoms with Crippen LogP contribution < -0.4 is 5.32 Å². The van der Waals surface area contributed by atoms with Gasteiger partial charge in [-0.15, -0.1) is 0 Å². The van der Waals surface area contributed by atoms with Gasteiger partial charge in [0.05, 0.1) is 5.92 Å². The molecule has 33 heavy (non-hydrogen) atoms. The van der Waals surface area contributed by atoms with E-state index in [1.54, 1.807) is 0 Å². The van der Waals surface area contributed by atoms with Crippen LogP contribution in [0.1, 0.15) is 23.5 Å². The number of carboxylic acid groups (broad SMARTS) is 1. The molecule has 2 fully saturated rings. The van der Waals surface area contributed by atoms with Crippen molar-refractivity contribution in [3.8, 4) is 11.1 Å². The Morgan fingerprint density at radius 2 is 1.67 bits per heavy atom. The number of rotatable bonds is 6. The molecule has 2 unspecified atom stereocenters. The second-order valence-corrected chi connectivity index (χ2v) is 8.82. The Morgan fingerprint density at radius 3 is 2.30 bits per heavy atom. The largest absolute Gasteiger partial charge is 0.481 e. The Kier molecular flexibility index (Phi) is 5.76. The predicted molar refractivity (Wildman–Crippen MR) is 119 cm³/mol. The third-order valence-electron chi connectivity index (χ3n) is 6.85. The zero-order valence-electron chi connectivity index (χ0n) is 18.1. The number of fused-ring (bicyclic) bond motifs is 3. The molecule has 0 saturated carbocycles. The fourth-order valence-electron chi connectivity index (χ4n) is 4.97. The van der Waals surface area contributed by atoms with E-state index < -0.39 is 24.1 Å². The Morgan fingerprint density at radius 1 is 1.03 bits per heavy atom. The number of hydrogen-bond donors (Lipinski definition) is 2. The van der Waals surface area contributed by atoms with E-state index >= 15 is 0 Å². The maximum Gasteiger partial charge on any atom is 0.407 e. The average molecular weight is 450 g/mol. The van der Waals surface area contributed by atoms with Crippen LogP contribution in [0.25, 0.3) is 11.1 Å². The van der Waals surface area contributed by atoms with Crippen LogP contribution in [-0.2, 0) is 19.1 Å². The zero-order valence-corrected chi connectivity index (χ0v) is 18.1. The van der Waals surface area contributed by atoms with E-state index in [0.717, 1.165) is 11.1 Å². The molecule has 8 nitrogen and oxygen atoms in total. The number of carboxylic acids is 1. The highest BCUT2D eigenvalue weighted by Crippen LogP contribution is 2.44. The lowest BCUT2D eigenvalue weighted by molar-refractivity contribution is -0.158. The molecule has 2 aromatic rings. The summed E-state index contributed by atoms with van der Waals surface area (Å²) in [5, 5.41) is 11.8. The van der Waals surface area contributed by atoms with E-state index in [9.17, 15) is 14.4 Å². The number of amides is 2. The van der Waals surface area contributed by atoms with Crippen molar-refractivity contribution in [3.63, 3.8) is 0 Å². The van der Waals surface area contributed by atoms with Crippen molar-refractivity contribution in [3.05, 3.63) is 59.7 Å². The third kappa shape index (κ3) is 4.06. The van der Waals surface area contributed by atoms with Crippen LogP contribution in [0.4, 0.5) is 4.79 Å². The minimum atomic E-state index is -0.889. The molecule has 2 aromatic carbocycles. The first-order valence-corrected chi connectivity index (χ1v) is 11.2. The molecular weight excluding hydrogens is 424 g/mol. The van der Waals surface area contributed by atoms with Crippen LogP contribution in [0.2, 0.25) is 0 Å². The predicted octanol–water partition coefficient (Wildman–Crippen LogP) is 2.47. The summed E-state index contributed by atoms with van der Waals surface area (Å²) >= 11 is 0. The lowest BCUT2D eigenvalue weighted by Gasteiger charge is -2.38. The van der Waals surface area contributed by atoms with Gasteiger partial charge in [0.2, 0.25) is 0 Å². The van der Waals surface area contributed by atoms with Crippen LogP contribution in [0.5, 0.6) is 0 Å². The monoisotopic (exact) mass is 450 g/mol. The standard InChI is InChI=1S/C25H26N2O6/c28-23(27-12-16(13-27)24(29)30)22-15(9-10-32-22)11-26-25(31)33-14-21-19-7-3-1-5-17(19)18-6-2-4-8-20(18)21/h1-8,15-16,21-22H,9-14H2,(H,26,31)(H,29,30). The van der Waals surface area contributed by atoms with E-state index in [-0.39, 0.29) is 44.0 Å². The number of likely N-dealkylation sites (tertiary alicyclic amines) is 1. The van der Waals surface area contributed by atoms with E-state index in [0.29, 0.717) is 13.0 Å². The van der Waals surface area contributed by atoms with Gasteiger partial charge in [0.15, 0.2) is 0 Å². The summed E-state index contributed by atoms with van der Waals surface area (Å²) in [5.41, 5.74) is 4.64. The SMILES string of the molecule is O=C(NCC1CCOC1C(=O)N1CC(C(=O)O)C1)OCC1c2ccccc2-c2ccccc21. The summed E-state index contributed by atoms with van der Waals surface area (Å²) in [6, 6.07) is 16.3. The van der Waals surface area contributed by atoms with Crippen molar-refractivity contribution >= 4 is 18.0 Å². The first-order valence-electron chi connectivity index (χ1n) is 11.2. The lowest BCUT2D eigenvalue weighted by atomic mass is 9.95. The maximum atomic E-state index is 12.6. The smallest absolute Gasteiger partial charge is 0.407 e. The number of ether oxygens (including phenoxy) is 2. The third-order valence-corrected chi connectivity index (χ3v) is 6.85. The van der Waals surface area contributed by atoms with Gasteiger partial charge in [-0.2, -0.15) is 0 Å². The van der Waals surface area contributed by atoms with Gasteiger partial charge in [-0.1, -0.05) is 48.5 Å². The van der Waals surface area contributed by atoms with E-state index in [2.05, 4.69) is 29.6 Å². The normalized spacial score (nSPS) is 21.8. The molecule has 2 N–H and O–H groups in total. The van der Waals surface area contributed by atoms with Gasteiger partial charge in [0.1, 0.15) is 12.7 Å². The molecular formula is C25H26N2O6. The summed E-state index contributed by atoms with van der Waals surface area (Å²) < 4.78 is 11.2. The van der Waals surface area contributed by atoms with Crippen molar-refractivity contribution in [2.75, 3.05) is 32.8 Å². The van der Waals surface area contributed by atoms with Crippen molar-refractivity contribution in [1.29, 1.82) is 0 Å². The van der Waals surface area contributed by atoms with Gasteiger partial charge in [-0.3, -0.25) is 9.59 Å². The maximum absolute atomic E-state index is 12.6. The molecule has 2 atom stereocenters. The number of hydrogen-bond acceptors (Lipinski definition) is 5. The van der Waals surface area contributed by atoms with Crippen molar-refractivity contribution in [2.45, 2.75) is 18.4 Å². The number of nitrogens with zero attached hydrogens (tertiary/aromatic N) is 1. The number of carbonyl (C=O) groups is 3. The van der Waals surface area contributed by atoms with Crippen LogP contribution in [0, 0.1) is 11.8 Å². The second-order valence-electron chi connectivity index (χ2n) is 8.82. The van der Waals surface area contributed by atoms with Crippen LogP contribution >= 0.6 is 0 Å². The molecule has 2 aliphatic heterocycles. The highest BCUT2D eigenvalue weighted by molar-refractivity contribution is 5.85. The number of benzene rings is 2. The number of carbonyl (C=O) groups excluding carboxylic acids is 2. The Hall–Kier alpha value is -3.39. The summed E-state index contributed by atoms with van der Waals surface area (Å²) in [6.07, 6.45) is -0.533. The molecule has 0 radical (unpaired) electrons. The summed E-state index contributed by atoms with van der Waals surface area (Å²) in [4.78, 5) is 37.6. The van der Waals surface area contributed by atoms with Gasteiger partial charge >= 0.3 is 12.1 Å². The van der Waals surface area contributed by atoms with Crippen molar-refractivity contribution in [1.82, 2.24) is 10.2 Å². The van der Waals surface area contributed by atoms with Gasteiger partial charge in [-0.25, -0.2) is 4.79 Å². The van der Waals surface area contributed by atoms with Gasteiger partial charge in [0.25, 0.3) is 5.91 Å². The van der Waals surface area contributed by atoms with Crippen LogP contribution in [0.3, 0.4) is 0 Å². The highest BCUT2D eigenvalue weighted by atomic mass is 16.5. The molecule has 2 heterocycles. The van der Waals surface area contributed by atoms with Gasteiger partial charge < -0.3 is 24.8 Å². The molecule has 0 bridgehead atoms. The second kappa shape index (κ2) is 8.86. The minimum Gasteiger partial charge on any atom is -0.481 e. The molecule has 8 heteroatoms. The van der Waals surface area contributed by atoms with E-state index in [1.165, 1.54) is 16.0 Å². The Bertz CT molecular complexity index is 1030. The summed E-state index contributed by atoms with van der Waals surface area (Å²) in [7, 11) is 0. The fourth-order valence-corrected chi connectivity index (χ4v) is 4.97. The van der Waals surface area contributed by atoms with E-state index in [1.807, 2.05) is 24.3 Å². The summed E-state index contributed by atoms with van der Waals surface area (Å²) in [5.74, 6) is -1.78. The Labute approximate surface area is 191 Å². The first kappa shape index (κ1) is 21.5. The quantitative estimate of drug-likeness (QED) is 0.701. The van der Waals surface area contributed by atoms with E-state index in [4.69, 9.17) is 14.6 Å². The first-order chi connectivity index (χ1) is 16.0. The van der Waals surface area contributed by atoms with Crippen molar-refractivity contribution in [2.24, 2.45) is 11.8 Å². The zero-order chi connectivity index (χ0) is 22.9. The number of alkyl carbamates (subject to hydrolysis) is 1. The van der Waals surface area contributed by atoms with Crippen molar-refractivity contribution < 1.29 is 29.0 Å². The topological polar surface area (TPSA) is 105 Å². The van der Waals surface area contributed by atoms with Gasteiger partial charge in [-0.05, 0) is 28.7 Å². The van der Waals surface area contributed by atoms with Crippen LogP contribution in [0.15, 0.2) is 48.5 Å².